The third-order valence-electron chi connectivity index (χ3n) is 3.76. The lowest BCUT2D eigenvalue weighted by Gasteiger charge is -2.26. The van der Waals surface area contributed by atoms with Gasteiger partial charge in [0.25, 0.3) is 0 Å². The van der Waals surface area contributed by atoms with Crippen LogP contribution in [0.2, 0.25) is 0 Å². The second kappa shape index (κ2) is 6.19. The maximum absolute atomic E-state index is 9.40. The number of benzene rings is 2. The smallest absolute Gasteiger partial charge is 0.119 e. The summed E-state index contributed by atoms with van der Waals surface area (Å²) in [6.07, 6.45) is -0.207. The lowest BCUT2D eigenvalue weighted by molar-refractivity contribution is 0.129. The van der Waals surface area contributed by atoms with Crippen LogP contribution < -0.4 is 4.74 Å². The molecule has 0 heterocycles. The molecule has 0 aliphatic rings. The Morgan fingerprint density at radius 1 is 0.952 bits per heavy atom. The minimum Gasteiger partial charge on any atom is -0.508 e. The molecule has 2 aromatic rings. The van der Waals surface area contributed by atoms with Crippen molar-refractivity contribution < 1.29 is 14.9 Å². The Bertz CT molecular complexity index is 570. The van der Waals surface area contributed by atoms with Crippen LogP contribution in [0.25, 0.3) is 0 Å². The van der Waals surface area contributed by atoms with Gasteiger partial charge in [-0.2, -0.15) is 0 Å². The predicted molar refractivity (Wildman–Crippen MR) is 83.9 cm³/mol. The minimum absolute atomic E-state index is 0.000747. The second-order valence-electron chi connectivity index (χ2n) is 5.81. The number of aromatic hydroxyl groups is 1. The average molecular weight is 286 g/mol. The quantitative estimate of drug-likeness (QED) is 0.884. The molecule has 21 heavy (non-hydrogen) atoms. The van der Waals surface area contributed by atoms with Crippen molar-refractivity contribution in [2.75, 3.05) is 6.61 Å². The van der Waals surface area contributed by atoms with E-state index in [1.807, 2.05) is 43.3 Å². The predicted octanol–water partition coefficient (Wildman–Crippen LogP) is 3.48. The number of rotatable bonds is 5. The molecule has 112 valence electrons. The highest BCUT2D eigenvalue weighted by molar-refractivity contribution is 5.41. The van der Waals surface area contributed by atoms with Crippen LogP contribution in [0.1, 0.15) is 31.9 Å². The molecule has 0 fully saturated rings. The van der Waals surface area contributed by atoms with E-state index in [9.17, 15) is 5.11 Å². The Hall–Kier alpha value is -2.00. The molecule has 3 nitrogen and oxygen atoms in total. The van der Waals surface area contributed by atoms with Crippen LogP contribution in [-0.2, 0) is 5.41 Å². The van der Waals surface area contributed by atoms with Crippen LogP contribution >= 0.6 is 0 Å². The SMILES string of the molecule is CC(CO)Oc1ccc(C(C)(C)c2ccc(O)cc2)cc1. The molecule has 2 aromatic carbocycles. The molecule has 2 rings (SSSR count). The summed E-state index contributed by atoms with van der Waals surface area (Å²) in [6, 6.07) is 15.2. The summed E-state index contributed by atoms with van der Waals surface area (Å²) in [4.78, 5) is 0. The minimum atomic E-state index is -0.207. The topological polar surface area (TPSA) is 49.7 Å². The summed E-state index contributed by atoms with van der Waals surface area (Å²) in [5.41, 5.74) is 2.14. The van der Waals surface area contributed by atoms with Gasteiger partial charge in [-0.1, -0.05) is 38.1 Å². The average Bonchev–Trinajstić information content (AvgIpc) is 2.48. The number of ether oxygens (including phenoxy) is 1. The molecule has 0 amide bonds. The van der Waals surface area contributed by atoms with Crippen molar-refractivity contribution in [3.05, 3.63) is 59.7 Å². The van der Waals surface area contributed by atoms with Crippen molar-refractivity contribution in [2.24, 2.45) is 0 Å². The van der Waals surface area contributed by atoms with Gasteiger partial charge in [0.2, 0.25) is 0 Å². The molecule has 1 unspecified atom stereocenters. The number of hydrogen-bond acceptors (Lipinski definition) is 3. The lowest BCUT2D eigenvalue weighted by atomic mass is 9.78. The Labute approximate surface area is 125 Å². The van der Waals surface area contributed by atoms with Crippen LogP contribution in [0.3, 0.4) is 0 Å². The normalized spacial score (nSPS) is 13.0. The summed E-state index contributed by atoms with van der Waals surface area (Å²) in [6.45, 7) is 6.12. The first-order chi connectivity index (χ1) is 9.93. The highest BCUT2D eigenvalue weighted by atomic mass is 16.5. The Balaban J connectivity index is 2.22. The molecule has 0 bridgehead atoms. The molecule has 0 saturated heterocycles. The summed E-state index contributed by atoms with van der Waals surface area (Å²) < 4.78 is 5.57. The first-order valence-electron chi connectivity index (χ1n) is 7.11. The van der Waals surface area contributed by atoms with Crippen LogP contribution in [0.4, 0.5) is 0 Å². The monoisotopic (exact) mass is 286 g/mol. The van der Waals surface area contributed by atoms with Crippen molar-refractivity contribution in [1.29, 1.82) is 0 Å². The number of hydrogen-bond donors (Lipinski definition) is 2. The zero-order valence-corrected chi connectivity index (χ0v) is 12.7. The molecule has 0 aliphatic carbocycles. The highest BCUT2D eigenvalue weighted by Crippen LogP contribution is 2.33. The van der Waals surface area contributed by atoms with Crippen LogP contribution in [0.15, 0.2) is 48.5 Å². The standard InChI is InChI=1S/C18H22O3/c1-13(12-19)21-17-10-6-15(7-11-17)18(2,3)14-4-8-16(20)9-5-14/h4-11,13,19-20H,12H2,1-3H3. The van der Waals surface area contributed by atoms with Gasteiger partial charge in [-0.05, 0) is 42.3 Å². The van der Waals surface area contributed by atoms with E-state index in [-0.39, 0.29) is 23.9 Å². The van der Waals surface area contributed by atoms with Gasteiger partial charge in [-0.15, -0.1) is 0 Å². The summed E-state index contributed by atoms with van der Waals surface area (Å²) >= 11 is 0. The molecule has 0 aromatic heterocycles. The molecule has 0 saturated carbocycles. The van der Waals surface area contributed by atoms with E-state index in [0.29, 0.717) is 0 Å². The van der Waals surface area contributed by atoms with Gasteiger partial charge in [0.1, 0.15) is 17.6 Å². The van der Waals surface area contributed by atoms with Crippen molar-refractivity contribution in [2.45, 2.75) is 32.3 Å². The van der Waals surface area contributed by atoms with Gasteiger partial charge in [0.15, 0.2) is 0 Å². The van der Waals surface area contributed by atoms with Crippen molar-refractivity contribution in [3.63, 3.8) is 0 Å². The molecule has 0 radical (unpaired) electrons. The van der Waals surface area contributed by atoms with Crippen LogP contribution in [-0.4, -0.2) is 22.9 Å². The van der Waals surface area contributed by atoms with Crippen molar-refractivity contribution >= 4 is 0 Å². The fraction of sp³-hybridized carbons (Fsp3) is 0.333. The molecule has 2 N–H and O–H groups in total. The van der Waals surface area contributed by atoms with E-state index in [1.165, 1.54) is 0 Å². The third kappa shape index (κ3) is 3.56. The zero-order chi connectivity index (χ0) is 15.5. The maximum atomic E-state index is 9.40. The number of phenols is 1. The molecular weight excluding hydrogens is 264 g/mol. The van der Waals surface area contributed by atoms with Crippen LogP contribution in [0, 0.1) is 0 Å². The summed E-state index contributed by atoms with van der Waals surface area (Å²) in [5, 5.41) is 18.4. The molecule has 0 aliphatic heterocycles. The second-order valence-corrected chi connectivity index (χ2v) is 5.81. The largest absolute Gasteiger partial charge is 0.508 e. The zero-order valence-electron chi connectivity index (χ0n) is 12.7. The number of aliphatic hydroxyl groups is 1. The Morgan fingerprint density at radius 2 is 1.43 bits per heavy atom. The van der Waals surface area contributed by atoms with E-state index in [1.54, 1.807) is 12.1 Å². The van der Waals surface area contributed by atoms with Gasteiger partial charge < -0.3 is 14.9 Å². The lowest BCUT2D eigenvalue weighted by Crippen LogP contribution is -2.19. The third-order valence-corrected chi connectivity index (χ3v) is 3.76. The van der Waals surface area contributed by atoms with E-state index >= 15 is 0 Å². The highest BCUT2D eigenvalue weighted by Gasteiger charge is 2.23. The summed E-state index contributed by atoms with van der Waals surface area (Å²) in [7, 11) is 0. The number of phenolic OH excluding ortho intramolecular Hbond substituents is 1. The van der Waals surface area contributed by atoms with Gasteiger partial charge in [-0.25, -0.2) is 0 Å². The summed E-state index contributed by atoms with van der Waals surface area (Å²) in [5.74, 6) is 1.03. The van der Waals surface area contributed by atoms with E-state index < -0.39 is 0 Å². The van der Waals surface area contributed by atoms with E-state index in [2.05, 4.69) is 13.8 Å². The Morgan fingerprint density at radius 3 is 1.90 bits per heavy atom. The van der Waals surface area contributed by atoms with E-state index in [0.717, 1.165) is 16.9 Å². The first-order valence-corrected chi connectivity index (χ1v) is 7.11. The van der Waals surface area contributed by atoms with Gasteiger partial charge >= 0.3 is 0 Å². The van der Waals surface area contributed by atoms with Crippen molar-refractivity contribution in [3.8, 4) is 11.5 Å². The van der Waals surface area contributed by atoms with E-state index in [4.69, 9.17) is 9.84 Å². The van der Waals surface area contributed by atoms with Crippen LogP contribution in [0.5, 0.6) is 11.5 Å². The number of aliphatic hydroxyl groups excluding tert-OH is 1. The maximum Gasteiger partial charge on any atom is 0.119 e. The molecule has 1 atom stereocenters. The molecular formula is C18H22O3. The van der Waals surface area contributed by atoms with Gasteiger partial charge in [-0.3, -0.25) is 0 Å². The first kappa shape index (κ1) is 15.4. The van der Waals surface area contributed by atoms with Crippen molar-refractivity contribution in [1.82, 2.24) is 0 Å². The van der Waals surface area contributed by atoms with Gasteiger partial charge in [0.05, 0.1) is 6.61 Å². The molecule has 3 heteroatoms. The van der Waals surface area contributed by atoms with Gasteiger partial charge in [0, 0.05) is 5.41 Å². The molecule has 0 spiro atoms. The fourth-order valence-corrected chi connectivity index (χ4v) is 2.26. The Kier molecular flexibility index (Phi) is 4.53. The fourth-order valence-electron chi connectivity index (χ4n) is 2.26.